The summed E-state index contributed by atoms with van der Waals surface area (Å²) in [5.41, 5.74) is -2.66. The molecule has 0 spiro atoms. The number of esters is 3. The molecule has 0 aliphatic heterocycles. The van der Waals surface area contributed by atoms with Gasteiger partial charge >= 0.3 is 23.9 Å². The van der Waals surface area contributed by atoms with Crippen molar-refractivity contribution in [3.8, 4) is 0 Å². The monoisotopic (exact) mass is 276 g/mol. The molecule has 1 atom stereocenters. The first kappa shape index (κ1) is 17.0. The van der Waals surface area contributed by atoms with Crippen LogP contribution in [0, 0.1) is 0 Å². The SMILES string of the molecule is CCCOC(=O)CC(O)(CC(=O)OC(C)=O)C(=O)O. The Bertz CT molecular complexity index is 375. The van der Waals surface area contributed by atoms with Crippen molar-refractivity contribution in [1.82, 2.24) is 0 Å². The molecule has 0 aromatic carbocycles. The molecule has 2 N–H and O–H groups in total. The van der Waals surface area contributed by atoms with Crippen LogP contribution in [0.1, 0.15) is 33.1 Å². The van der Waals surface area contributed by atoms with E-state index in [9.17, 15) is 24.3 Å². The number of carbonyl (C=O) groups is 4. The molecule has 108 valence electrons. The van der Waals surface area contributed by atoms with Gasteiger partial charge in [-0.3, -0.25) is 14.4 Å². The number of aliphatic carboxylic acids is 1. The summed E-state index contributed by atoms with van der Waals surface area (Å²) in [6.45, 7) is 2.76. The Hall–Kier alpha value is -1.96. The molecule has 0 bridgehead atoms. The maximum atomic E-state index is 11.3. The number of carbonyl (C=O) groups excluding carboxylic acids is 3. The van der Waals surface area contributed by atoms with E-state index >= 15 is 0 Å². The summed E-state index contributed by atoms with van der Waals surface area (Å²) in [7, 11) is 0. The van der Waals surface area contributed by atoms with E-state index in [0.29, 0.717) is 6.42 Å². The molecular weight excluding hydrogens is 260 g/mol. The first-order valence-corrected chi connectivity index (χ1v) is 5.54. The quantitative estimate of drug-likeness (QED) is 0.476. The first-order chi connectivity index (χ1) is 8.71. The molecule has 0 rings (SSSR count). The number of carboxylic acid groups (broad SMARTS) is 1. The van der Waals surface area contributed by atoms with Crippen molar-refractivity contribution in [2.45, 2.75) is 38.7 Å². The van der Waals surface area contributed by atoms with Gasteiger partial charge in [-0.2, -0.15) is 0 Å². The van der Waals surface area contributed by atoms with E-state index < -0.39 is 42.3 Å². The number of carboxylic acids is 1. The highest BCUT2D eigenvalue weighted by molar-refractivity contribution is 5.91. The van der Waals surface area contributed by atoms with E-state index in [1.807, 2.05) is 0 Å². The molecule has 0 aliphatic rings. The van der Waals surface area contributed by atoms with Crippen LogP contribution >= 0.6 is 0 Å². The number of rotatable bonds is 7. The van der Waals surface area contributed by atoms with Crippen LogP contribution in [0.15, 0.2) is 0 Å². The maximum Gasteiger partial charge on any atom is 0.336 e. The van der Waals surface area contributed by atoms with Gasteiger partial charge in [0.2, 0.25) is 0 Å². The van der Waals surface area contributed by atoms with Crippen LogP contribution < -0.4 is 0 Å². The van der Waals surface area contributed by atoms with Crippen LogP contribution in [0.3, 0.4) is 0 Å². The van der Waals surface area contributed by atoms with Crippen LogP contribution in [0.5, 0.6) is 0 Å². The molecule has 8 nitrogen and oxygen atoms in total. The zero-order chi connectivity index (χ0) is 15.1. The van der Waals surface area contributed by atoms with Gasteiger partial charge in [0, 0.05) is 6.92 Å². The zero-order valence-corrected chi connectivity index (χ0v) is 10.7. The Morgan fingerprint density at radius 2 is 1.63 bits per heavy atom. The highest BCUT2D eigenvalue weighted by atomic mass is 16.6. The van der Waals surface area contributed by atoms with Crippen molar-refractivity contribution < 1.29 is 38.9 Å². The summed E-state index contributed by atoms with van der Waals surface area (Å²) in [5.74, 6) is -4.91. The molecule has 0 saturated carbocycles. The number of aliphatic hydroxyl groups is 1. The van der Waals surface area contributed by atoms with E-state index in [1.54, 1.807) is 6.92 Å². The largest absolute Gasteiger partial charge is 0.479 e. The van der Waals surface area contributed by atoms with Gasteiger partial charge in [-0.1, -0.05) is 6.92 Å². The molecule has 0 heterocycles. The van der Waals surface area contributed by atoms with Gasteiger partial charge in [-0.25, -0.2) is 4.79 Å². The minimum Gasteiger partial charge on any atom is -0.479 e. The fourth-order valence-electron chi connectivity index (χ4n) is 1.15. The number of hydrogen-bond donors (Lipinski definition) is 2. The van der Waals surface area contributed by atoms with Gasteiger partial charge in [0.25, 0.3) is 0 Å². The van der Waals surface area contributed by atoms with Crippen molar-refractivity contribution >= 4 is 23.9 Å². The molecule has 0 amide bonds. The van der Waals surface area contributed by atoms with Crippen LogP contribution in [0.4, 0.5) is 0 Å². The lowest BCUT2D eigenvalue weighted by Crippen LogP contribution is -2.43. The third-order valence-corrected chi connectivity index (χ3v) is 2.00. The molecule has 0 fully saturated rings. The van der Waals surface area contributed by atoms with Gasteiger partial charge in [-0.15, -0.1) is 0 Å². The molecule has 0 aliphatic carbocycles. The Morgan fingerprint density at radius 1 is 1.11 bits per heavy atom. The van der Waals surface area contributed by atoms with Crippen molar-refractivity contribution in [2.75, 3.05) is 6.61 Å². The summed E-state index contributed by atoms with van der Waals surface area (Å²) >= 11 is 0. The smallest absolute Gasteiger partial charge is 0.336 e. The third kappa shape index (κ3) is 6.51. The fourth-order valence-corrected chi connectivity index (χ4v) is 1.15. The number of ether oxygens (including phenoxy) is 2. The van der Waals surface area contributed by atoms with Gasteiger partial charge in [0.15, 0.2) is 5.60 Å². The second kappa shape index (κ2) is 7.47. The Balaban J connectivity index is 4.67. The fraction of sp³-hybridized carbons (Fsp3) is 0.636. The van der Waals surface area contributed by atoms with Gasteiger partial charge < -0.3 is 19.7 Å². The van der Waals surface area contributed by atoms with Gasteiger partial charge in [-0.05, 0) is 6.42 Å². The second-order valence-corrected chi connectivity index (χ2v) is 3.88. The lowest BCUT2D eigenvalue weighted by atomic mass is 9.96. The Labute approximate surface area is 109 Å². The van der Waals surface area contributed by atoms with Crippen molar-refractivity contribution in [2.24, 2.45) is 0 Å². The number of hydrogen-bond acceptors (Lipinski definition) is 7. The molecule has 0 aromatic rings. The molecule has 0 aromatic heterocycles. The average Bonchev–Trinajstić information content (AvgIpc) is 2.24. The normalized spacial score (nSPS) is 13.2. The average molecular weight is 276 g/mol. The zero-order valence-electron chi connectivity index (χ0n) is 10.7. The van der Waals surface area contributed by atoms with Crippen LogP contribution in [-0.2, 0) is 28.7 Å². The topological polar surface area (TPSA) is 127 Å². The summed E-state index contributed by atoms with van der Waals surface area (Å²) in [6, 6.07) is 0. The standard InChI is InChI=1S/C11H16O8/c1-3-4-18-8(13)5-11(17,10(15)16)6-9(14)19-7(2)12/h17H,3-6H2,1-2H3,(H,15,16). The van der Waals surface area contributed by atoms with Crippen LogP contribution in [-0.4, -0.2) is 46.3 Å². The third-order valence-electron chi connectivity index (χ3n) is 2.00. The molecule has 0 saturated heterocycles. The van der Waals surface area contributed by atoms with Crippen molar-refractivity contribution in [3.63, 3.8) is 0 Å². The lowest BCUT2D eigenvalue weighted by Gasteiger charge is -2.20. The van der Waals surface area contributed by atoms with Gasteiger partial charge in [0.05, 0.1) is 19.4 Å². The van der Waals surface area contributed by atoms with Crippen LogP contribution in [0.25, 0.3) is 0 Å². The Kier molecular flexibility index (Phi) is 6.70. The first-order valence-electron chi connectivity index (χ1n) is 5.54. The molecular formula is C11H16O8. The van der Waals surface area contributed by atoms with Gasteiger partial charge in [0.1, 0.15) is 0 Å². The van der Waals surface area contributed by atoms with Crippen molar-refractivity contribution in [1.29, 1.82) is 0 Å². The summed E-state index contributed by atoms with van der Waals surface area (Å²) in [4.78, 5) is 43.8. The predicted molar refractivity (Wildman–Crippen MR) is 59.8 cm³/mol. The molecule has 1 unspecified atom stereocenters. The minimum absolute atomic E-state index is 0.0758. The summed E-state index contributed by atoms with van der Waals surface area (Å²) < 4.78 is 8.72. The molecule has 0 radical (unpaired) electrons. The van der Waals surface area contributed by atoms with E-state index in [1.165, 1.54) is 0 Å². The molecule has 19 heavy (non-hydrogen) atoms. The predicted octanol–water partition coefficient (Wildman–Crippen LogP) is -0.375. The van der Waals surface area contributed by atoms with E-state index in [0.717, 1.165) is 6.92 Å². The van der Waals surface area contributed by atoms with E-state index in [-0.39, 0.29) is 6.61 Å². The lowest BCUT2D eigenvalue weighted by molar-refractivity contribution is -0.175. The minimum atomic E-state index is -2.66. The van der Waals surface area contributed by atoms with E-state index in [2.05, 4.69) is 9.47 Å². The summed E-state index contributed by atoms with van der Waals surface area (Å²) in [6.07, 6.45) is -1.40. The molecule has 8 heteroatoms. The Morgan fingerprint density at radius 3 is 2.05 bits per heavy atom. The maximum absolute atomic E-state index is 11.3. The summed E-state index contributed by atoms with van der Waals surface area (Å²) in [5, 5.41) is 18.6. The van der Waals surface area contributed by atoms with Crippen LogP contribution in [0.2, 0.25) is 0 Å². The van der Waals surface area contributed by atoms with E-state index in [4.69, 9.17) is 5.11 Å². The highest BCUT2D eigenvalue weighted by Crippen LogP contribution is 2.18. The second-order valence-electron chi connectivity index (χ2n) is 3.88. The van der Waals surface area contributed by atoms with Crippen molar-refractivity contribution in [3.05, 3.63) is 0 Å². The highest BCUT2D eigenvalue weighted by Gasteiger charge is 2.42.